The molecule has 2 fully saturated rings. The van der Waals surface area contributed by atoms with Gasteiger partial charge in [0.05, 0.1) is 24.3 Å². The highest BCUT2D eigenvalue weighted by Gasteiger charge is 2.76. The third kappa shape index (κ3) is 0.759. The first-order valence-corrected chi connectivity index (χ1v) is 5.54. The summed E-state index contributed by atoms with van der Waals surface area (Å²) in [7, 11) is 0. The van der Waals surface area contributed by atoms with Gasteiger partial charge in [0.1, 0.15) is 0 Å². The second kappa shape index (κ2) is 2.68. The maximum Gasteiger partial charge on any atom is 0.181 e. The summed E-state index contributed by atoms with van der Waals surface area (Å²) in [5, 5.41) is 37.6. The highest BCUT2D eigenvalue weighted by atomic mass is 14.8. The maximum atomic E-state index is 9.40. The Hall–Kier alpha value is -2.30. The third-order valence-corrected chi connectivity index (χ3v) is 4.70. The first kappa shape index (κ1) is 9.89. The van der Waals surface area contributed by atoms with Gasteiger partial charge in [-0.3, -0.25) is 0 Å². The minimum atomic E-state index is -1.50. The molecular weight excluding hydrogens is 212 g/mol. The number of rotatable bonds is 0. The van der Waals surface area contributed by atoms with E-state index in [9.17, 15) is 21.0 Å². The van der Waals surface area contributed by atoms with Crippen LogP contribution in [0.1, 0.15) is 6.42 Å². The molecule has 0 aromatic rings. The van der Waals surface area contributed by atoms with E-state index in [0.717, 1.165) is 6.42 Å². The number of hydrogen-bond donors (Lipinski definition) is 0. The minimum Gasteiger partial charge on any atom is -0.196 e. The van der Waals surface area contributed by atoms with Crippen molar-refractivity contribution in [2.24, 2.45) is 34.5 Å². The van der Waals surface area contributed by atoms with Crippen LogP contribution in [0, 0.1) is 79.8 Å². The van der Waals surface area contributed by atoms with Gasteiger partial charge < -0.3 is 0 Å². The lowest BCUT2D eigenvalue weighted by Gasteiger charge is -2.39. The molecule has 0 N–H and O–H groups in total. The van der Waals surface area contributed by atoms with Gasteiger partial charge in [-0.25, -0.2) is 0 Å². The molecule has 0 amide bonds. The van der Waals surface area contributed by atoms with E-state index in [1.54, 1.807) is 0 Å². The van der Waals surface area contributed by atoms with Crippen LogP contribution in [0.25, 0.3) is 0 Å². The van der Waals surface area contributed by atoms with E-state index in [1.165, 1.54) is 0 Å². The van der Waals surface area contributed by atoms with Gasteiger partial charge in [0.2, 0.25) is 0 Å². The van der Waals surface area contributed by atoms with Crippen molar-refractivity contribution in [1.29, 1.82) is 21.0 Å². The van der Waals surface area contributed by atoms with E-state index in [-0.39, 0.29) is 17.8 Å². The largest absolute Gasteiger partial charge is 0.196 e. The molecule has 3 aliphatic rings. The Morgan fingerprint density at radius 2 is 1.47 bits per heavy atom. The van der Waals surface area contributed by atoms with Crippen molar-refractivity contribution in [2.75, 3.05) is 0 Å². The highest BCUT2D eigenvalue weighted by Crippen LogP contribution is 2.73. The van der Waals surface area contributed by atoms with Gasteiger partial charge in [0.25, 0.3) is 0 Å². The Morgan fingerprint density at radius 3 is 2.00 bits per heavy atom. The lowest BCUT2D eigenvalue weighted by Crippen LogP contribution is -2.48. The third-order valence-electron chi connectivity index (χ3n) is 4.70. The Kier molecular flexibility index (Phi) is 1.56. The molecule has 0 aromatic carbocycles. The lowest BCUT2D eigenvalue weighted by molar-refractivity contribution is 0.139. The summed E-state index contributed by atoms with van der Waals surface area (Å²) < 4.78 is 0. The minimum absolute atomic E-state index is 0.133. The monoisotopic (exact) mass is 220 g/mol. The van der Waals surface area contributed by atoms with Gasteiger partial charge >= 0.3 is 0 Å². The first-order valence-electron chi connectivity index (χ1n) is 5.54. The quantitative estimate of drug-likeness (QED) is 0.578. The molecule has 80 valence electrons. The molecule has 4 atom stereocenters. The molecule has 3 rings (SSSR count). The Bertz CT molecular complexity index is 561. The van der Waals surface area contributed by atoms with Gasteiger partial charge in [-0.05, 0) is 18.3 Å². The fraction of sp³-hybridized carbons (Fsp3) is 0.538. The Labute approximate surface area is 99.0 Å². The second-order valence-corrected chi connectivity index (χ2v) is 5.06. The molecule has 0 unspecified atom stereocenters. The van der Waals surface area contributed by atoms with Crippen LogP contribution < -0.4 is 0 Å². The van der Waals surface area contributed by atoms with Crippen molar-refractivity contribution in [1.82, 2.24) is 0 Å². The zero-order valence-corrected chi connectivity index (χ0v) is 8.96. The van der Waals surface area contributed by atoms with Crippen molar-refractivity contribution in [3.63, 3.8) is 0 Å². The van der Waals surface area contributed by atoms with Crippen molar-refractivity contribution in [3.05, 3.63) is 12.2 Å². The number of nitriles is 4. The van der Waals surface area contributed by atoms with Crippen molar-refractivity contribution in [3.8, 4) is 24.3 Å². The van der Waals surface area contributed by atoms with Gasteiger partial charge in [-0.2, -0.15) is 21.0 Å². The van der Waals surface area contributed by atoms with Crippen LogP contribution in [-0.2, 0) is 0 Å². The molecule has 0 aromatic heterocycles. The molecule has 4 heteroatoms. The van der Waals surface area contributed by atoms with E-state index in [2.05, 4.69) is 0 Å². The summed E-state index contributed by atoms with van der Waals surface area (Å²) in [6, 6.07) is 7.99. The van der Waals surface area contributed by atoms with E-state index in [1.807, 2.05) is 36.4 Å². The summed E-state index contributed by atoms with van der Waals surface area (Å²) in [4.78, 5) is 0. The van der Waals surface area contributed by atoms with Gasteiger partial charge in [-0.1, -0.05) is 12.2 Å². The SMILES string of the molecule is N#CC1(C#N)[C@@H]2[C@@H]3C=C[C@@H](C[C@@H]32)C1(C#N)C#N. The zero-order chi connectivity index (χ0) is 12.3. The standard InChI is InChI=1S/C13H8N4/c14-4-12(5-15)8-1-2-9-10(3-8)11(9)13(12,6-16)7-17/h1-2,8-11H,3H2/t8-,9+,10-,11+/m0/s1. The summed E-state index contributed by atoms with van der Waals surface area (Å²) in [6.07, 6.45) is 4.62. The number of fused-ring (bicyclic) bond motifs is 2. The van der Waals surface area contributed by atoms with Crippen molar-refractivity contribution in [2.45, 2.75) is 6.42 Å². The van der Waals surface area contributed by atoms with Crippen LogP contribution in [0.3, 0.4) is 0 Å². The summed E-state index contributed by atoms with van der Waals surface area (Å²) in [6.45, 7) is 0. The molecule has 0 heterocycles. The number of nitrogens with zero attached hydrogens (tertiary/aromatic N) is 4. The van der Waals surface area contributed by atoms with Gasteiger partial charge in [0, 0.05) is 11.8 Å². The average Bonchev–Trinajstić information content (AvgIpc) is 3.13. The second-order valence-electron chi connectivity index (χ2n) is 5.06. The fourth-order valence-corrected chi connectivity index (χ4v) is 3.80. The van der Waals surface area contributed by atoms with E-state index < -0.39 is 10.8 Å². The summed E-state index contributed by atoms with van der Waals surface area (Å²) in [5.41, 5.74) is -2.96. The molecule has 4 nitrogen and oxygen atoms in total. The van der Waals surface area contributed by atoms with E-state index >= 15 is 0 Å². The van der Waals surface area contributed by atoms with Crippen LogP contribution in [0.5, 0.6) is 0 Å². The van der Waals surface area contributed by atoms with Crippen LogP contribution in [0.15, 0.2) is 12.2 Å². The molecule has 2 bridgehead atoms. The van der Waals surface area contributed by atoms with Crippen LogP contribution in [0.2, 0.25) is 0 Å². The lowest BCUT2D eigenvalue weighted by atomic mass is 9.53. The van der Waals surface area contributed by atoms with Gasteiger partial charge in [-0.15, -0.1) is 0 Å². The smallest absolute Gasteiger partial charge is 0.181 e. The van der Waals surface area contributed by atoms with Crippen LogP contribution >= 0.6 is 0 Å². The van der Waals surface area contributed by atoms with Crippen molar-refractivity contribution >= 4 is 0 Å². The predicted octanol–water partition coefficient (Wildman–Crippen LogP) is 1.51. The predicted molar refractivity (Wildman–Crippen MR) is 55.0 cm³/mol. The summed E-state index contributed by atoms with van der Waals surface area (Å²) >= 11 is 0. The van der Waals surface area contributed by atoms with Gasteiger partial charge in [0.15, 0.2) is 10.8 Å². The molecule has 2 saturated carbocycles. The molecule has 17 heavy (non-hydrogen) atoms. The Balaban J connectivity index is 2.30. The first-order chi connectivity index (χ1) is 8.20. The molecular formula is C13H8N4. The molecule has 0 spiro atoms. The maximum absolute atomic E-state index is 9.40. The molecule has 3 aliphatic carbocycles. The number of hydrogen-bond acceptors (Lipinski definition) is 4. The van der Waals surface area contributed by atoms with E-state index in [0.29, 0.717) is 5.92 Å². The van der Waals surface area contributed by atoms with E-state index in [4.69, 9.17) is 0 Å². The Morgan fingerprint density at radius 1 is 0.882 bits per heavy atom. The number of allylic oxidation sites excluding steroid dienone is 2. The van der Waals surface area contributed by atoms with Crippen molar-refractivity contribution < 1.29 is 0 Å². The van der Waals surface area contributed by atoms with Crippen LogP contribution in [0.4, 0.5) is 0 Å². The summed E-state index contributed by atoms with van der Waals surface area (Å²) in [5.74, 6) is 0.122. The highest BCUT2D eigenvalue weighted by molar-refractivity contribution is 5.46. The van der Waals surface area contributed by atoms with Crippen LogP contribution in [-0.4, -0.2) is 0 Å². The molecule has 0 radical (unpaired) electrons. The zero-order valence-electron chi connectivity index (χ0n) is 8.96. The average molecular weight is 220 g/mol. The molecule has 0 saturated heterocycles. The topological polar surface area (TPSA) is 95.2 Å². The fourth-order valence-electron chi connectivity index (χ4n) is 3.80. The molecule has 0 aliphatic heterocycles. The normalized spacial score (nSPS) is 41.2.